The van der Waals surface area contributed by atoms with Gasteiger partial charge in [-0.15, -0.1) is 0 Å². The average molecular weight is 325 g/mol. The first-order valence-corrected chi connectivity index (χ1v) is 8.55. The maximum absolute atomic E-state index is 12.3. The lowest BCUT2D eigenvalue weighted by Crippen LogP contribution is -2.47. The standard InChI is InChI=1S/C18H23N5O/c1-22-12-17(10-19-22)23-7-6-15(11-23)20-18(24)21-16-8-13-4-2-3-5-14(13)9-16/h2-5,10,12,15-16H,6-9,11H2,1H3,(H2,20,21,24)/t15-/m1/s1. The maximum Gasteiger partial charge on any atom is 0.315 e. The number of carbonyl (C=O) groups is 1. The van der Waals surface area contributed by atoms with Crippen LogP contribution in [0.25, 0.3) is 0 Å². The van der Waals surface area contributed by atoms with Gasteiger partial charge in [-0.1, -0.05) is 24.3 Å². The van der Waals surface area contributed by atoms with Crippen LogP contribution >= 0.6 is 0 Å². The van der Waals surface area contributed by atoms with Gasteiger partial charge in [0.25, 0.3) is 0 Å². The van der Waals surface area contributed by atoms with Crippen LogP contribution in [0.15, 0.2) is 36.7 Å². The zero-order chi connectivity index (χ0) is 16.5. The molecule has 1 saturated heterocycles. The van der Waals surface area contributed by atoms with Gasteiger partial charge in [0, 0.05) is 38.4 Å². The number of rotatable bonds is 3. The zero-order valence-corrected chi connectivity index (χ0v) is 13.9. The van der Waals surface area contributed by atoms with Crippen LogP contribution in [-0.2, 0) is 19.9 Å². The summed E-state index contributed by atoms with van der Waals surface area (Å²) in [6.07, 6.45) is 6.70. The normalized spacial score (nSPS) is 20.2. The highest BCUT2D eigenvalue weighted by Crippen LogP contribution is 2.22. The largest absolute Gasteiger partial charge is 0.367 e. The molecule has 1 atom stereocenters. The number of hydrogen-bond donors (Lipinski definition) is 2. The van der Waals surface area contributed by atoms with Crippen LogP contribution in [0.4, 0.5) is 10.5 Å². The molecule has 1 aliphatic heterocycles. The fourth-order valence-electron chi connectivity index (χ4n) is 3.76. The summed E-state index contributed by atoms with van der Waals surface area (Å²) in [5.74, 6) is 0. The zero-order valence-electron chi connectivity index (χ0n) is 13.9. The summed E-state index contributed by atoms with van der Waals surface area (Å²) >= 11 is 0. The molecule has 2 amide bonds. The fourth-order valence-corrected chi connectivity index (χ4v) is 3.76. The predicted octanol–water partition coefficient (Wildman–Crippen LogP) is 1.47. The van der Waals surface area contributed by atoms with Gasteiger partial charge in [-0.05, 0) is 30.4 Å². The van der Waals surface area contributed by atoms with E-state index in [4.69, 9.17) is 0 Å². The van der Waals surface area contributed by atoms with Crippen LogP contribution in [0, 0.1) is 0 Å². The SMILES string of the molecule is Cn1cc(N2CC[C@@H](NC(=O)NC3Cc4ccccc4C3)C2)cn1. The molecule has 1 aromatic carbocycles. The minimum Gasteiger partial charge on any atom is -0.367 e. The van der Waals surface area contributed by atoms with Crippen molar-refractivity contribution in [3.8, 4) is 0 Å². The molecule has 0 saturated carbocycles. The summed E-state index contributed by atoms with van der Waals surface area (Å²) in [6.45, 7) is 1.79. The third-order valence-electron chi connectivity index (χ3n) is 4.97. The number of benzene rings is 1. The molecule has 1 aromatic heterocycles. The van der Waals surface area contributed by atoms with Crippen molar-refractivity contribution in [1.82, 2.24) is 20.4 Å². The van der Waals surface area contributed by atoms with E-state index >= 15 is 0 Å². The van der Waals surface area contributed by atoms with Gasteiger partial charge in [0.15, 0.2) is 0 Å². The van der Waals surface area contributed by atoms with Gasteiger partial charge >= 0.3 is 6.03 Å². The molecule has 2 aliphatic rings. The molecular formula is C18H23N5O. The molecule has 1 fully saturated rings. The van der Waals surface area contributed by atoms with Crippen LogP contribution in [0.5, 0.6) is 0 Å². The minimum atomic E-state index is -0.0501. The Hall–Kier alpha value is -2.50. The number of hydrogen-bond acceptors (Lipinski definition) is 3. The Labute approximate surface area is 141 Å². The Morgan fingerprint density at radius 3 is 2.54 bits per heavy atom. The smallest absolute Gasteiger partial charge is 0.315 e. The molecule has 0 spiro atoms. The van der Waals surface area contributed by atoms with Gasteiger partial charge < -0.3 is 15.5 Å². The van der Waals surface area contributed by atoms with Crippen molar-refractivity contribution in [3.05, 3.63) is 47.8 Å². The van der Waals surface area contributed by atoms with Crippen molar-refractivity contribution < 1.29 is 4.79 Å². The molecule has 0 bridgehead atoms. The highest BCUT2D eigenvalue weighted by Gasteiger charge is 2.27. The summed E-state index contributed by atoms with van der Waals surface area (Å²) in [5.41, 5.74) is 3.83. The van der Waals surface area contributed by atoms with Crippen LogP contribution < -0.4 is 15.5 Å². The topological polar surface area (TPSA) is 62.2 Å². The summed E-state index contributed by atoms with van der Waals surface area (Å²) in [6, 6.07) is 8.77. The van der Waals surface area contributed by atoms with Gasteiger partial charge in [-0.3, -0.25) is 4.68 Å². The molecule has 0 unspecified atom stereocenters. The molecular weight excluding hydrogens is 302 g/mol. The lowest BCUT2D eigenvalue weighted by molar-refractivity contribution is 0.234. The summed E-state index contributed by atoms with van der Waals surface area (Å²) in [5, 5.41) is 10.5. The first kappa shape index (κ1) is 15.1. The Bertz CT molecular complexity index is 716. The molecule has 2 heterocycles. The van der Waals surface area contributed by atoms with Crippen LogP contribution in [-0.4, -0.2) is 41.0 Å². The van der Waals surface area contributed by atoms with Crippen molar-refractivity contribution in [1.29, 1.82) is 0 Å². The van der Waals surface area contributed by atoms with Gasteiger partial charge in [0.2, 0.25) is 0 Å². The van der Waals surface area contributed by atoms with Gasteiger partial charge in [-0.2, -0.15) is 5.10 Å². The first-order valence-electron chi connectivity index (χ1n) is 8.55. The molecule has 4 rings (SSSR count). The molecule has 126 valence electrons. The van der Waals surface area contributed by atoms with Crippen LogP contribution in [0.1, 0.15) is 17.5 Å². The van der Waals surface area contributed by atoms with Gasteiger partial charge in [0.05, 0.1) is 11.9 Å². The molecule has 2 aromatic rings. The van der Waals surface area contributed by atoms with E-state index in [0.717, 1.165) is 38.0 Å². The summed E-state index contributed by atoms with van der Waals surface area (Å²) < 4.78 is 1.81. The van der Waals surface area contributed by atoms with E-state index in [2.05, 4.69) is 44.9 Å². The van der Waals surface area contributed by atoms with E-state index in [-0.39, 0.29) is 18.1 Å². The van der Waals surface area contributed by atoms with Crippen molar-refractivity contribution >= 4 is 11.7 Å². The van der Waals surface area contributed by atoms with E-state index < -0.39 is 0 Å². The van der Waals surface area contributed by atoms with E-state index in [0.29, 0.717) is 0 Å². The molecule has 6 nitrogen and oxygen atoms in total. The summed E-state index contributed by atoms with van der Waals surface area (Å²) in [4.78, 5) is 14.6. The van der Waals surface area contributed by atoms with E-state index in [1.807, 2.05) is 19.4 Å². The van der Waals surface area contributed by atoms with E-state index in [1.165, 1.54) is 11.1 Å². The minimum absolute atomic E-state index is 0.0501. The number of carbonyl (C=O) groups excluding carboxylic acids is 1. The maximum atomic E-state index is 12.3. The van der Waals surface area contributed by atoms with Gasteiger partial charge in [0.1, 0.15) is 0 Å². The molecule has 24 heavy (non-hydrogen) atoms. The number of fused-ring (bicyclic) bond motifs is 1. The van der Waals surface area contributed by atoms with Crippen LogP contribution in [0.3, 0.4) is 0 Å². The highest BCUT2D eigenvalue weighted by molar-refractivity contribution is 5.75. The third kappa shape index (κ3) is 3.09. The second-order valence-corrected chi connectivity index (χ2v) is 6.80. The number of aryl methyl sites for hydroxylation is 1. The Balaban J connectivity index is 1.27. The first-order chi connectivity index (χ1) is 11.7. The number of urea groups is 1. The number of aromatic nitrogens is 2. The molecule has 0 radical (unpaired) electrons. The fraction of sp³-hybridized carbons (Fsp3) is 0.444. The van der Waals surface area contributed by atoms with E-state index in [1.54, 1.807) is 4.68 Å². The lowest BCUT2D eigenvalue weighted by atomic mass is 10.1. The second-order valence-electron chi connectivity index (χ2n) is 6.80. The number of anilines is 1. The average Bonchev–Trinajstić information content (AvgIpc) is 3.25. The molecule has 6 heteroatoms. The third-order valence-corrected chi connectivity index (χ3v) is 4.97. The second kappa shape index (κ2) is 6.19. The summed E-state index contributed by atoms with van der Waals surface area (Å²) in [7, 11) is 1.92. The van der Waals surface area contributed by atoms with Crippen molar-refractivity contribution in [2.24, 2.45) is 7.05 Å². The Morgan fingerprint density at radius 2 is 1.88 bits per heavy atom. The number of nitrogens with zero attached hydrogens (tertiary/aromatic N) is 3. The monoisotopic (exact) mass is 325 g/mol. The van der Waals surface area contributed by atoms with Gasteiger partial charge in [-0.25, -0.2) is 4.79 Å². The van der Waals surface area contributed by atoms with Crippen LogP contribution in [0.2, 0.25) is 0 Å². The van der Waals surface area contributed by atoms with Crippen molar-refractivity contribution in [3.63, 3.8) is 0 Å². The Kier molecular flexibility index (Phi) is 3.88. The van der Waals surface area contributed by atoms with Crippen molar-refractivity contribution in [2.75, 3.05) is 18.0 Å². The molecule has 1 aliphatic carbocycles. The number of nitrogens with one attached hydrogen (secondary N) is 2. The van der Waals surface area contributed by atoms with E-state index in [9.17, 15) is 4.79 Å². The highest BCUT2D eigenvalue weighted by atomic mass is 16.2. The van der Waals surface area contributed by atoms with Crippen molar-refractivity contribution in [2.45, 2.75) is 31.3 Å². The number of amides is 2. The quantitative estimate of drug-likeness (QED) is 0.898. The lowest BCUT2D eigenvalue weighted by Gasteiger charge is -2.18. The Morgan fingerprint density at radius 1 is 1.17 bits per heavy atom. The molecule has 2 N–H and O–H groups in total. The predicted molar refractivity (Wildman–Crippen MR) is 93.1 cm³/mol.